The number of nitrogens with one attached hydrogen (secondary N) is 2. The largest absolute Gasteiger partial charge is 0.354 e. The van der Waals surface area contributed by atoms with Crippen molar-refractivity contribution in [3.63, 3.8) is 0 Å². The monoisotopic (exact) mass is 436 g/mol. The van der Waals surface area contributed by atoms with Gasteiger partial charge in [-0.2, -0.15) is 0 Å². The Labute approximate surface area is 188 Å². The number of pyridine rings is 2. The zero-order chi connectivity index (χ0) is 22.5. The minimum atomic E-state index is -0.600. The quantitative estimate of drug-likeness (QED) is 0.728. The summed E-state index contributed by atoms with van der Waals surface area (Å²) in [5.41, 5.74) is 2.53. The first kappa shape index (κ1) is 22.2. The number of nitrogens with zero attached hydrogens (tertiary/aromatic N) is 2. The highest BCUT2D eigenvalue weighted by molar-refractivity contribution is 5.98. The van der Waals surface area contributed by atoms with Crippen molar-refractivity contribution >= 4 is 11.8 Å². The predicted molar refractivity (Wildman–Crippen MR) is 123 cm³/mol. The van der Waals surface area contributed by atoms with E-state index in [2.05, 4.69) is 20.2 Å². The fourth-order valence-corrected chi connectivity index (χ4v) is 4.97. The summed E-state index contributed by atoms with van der Waals surface area (Å²) in [5, 5.41) is 5.71. The third-order valence-electron chi connectivity index (χ3n) is 6.71. The molecule has 2 fully saturated rings. The molecule has 7 heteroatoms. The van der Waals surface area contributed by atoms with Crippen LogP contribution in [0, 0.1) is 12.8 Å². The number of aromatic nitrogens is 2. The zero-order valence-electron chi connectivity index (χ0n) is 18.7. The summed E-state index contributed by atoms with van der Waals surface area (Å²) in [6.45, 7) is 3.09. The van der Waals surface area contributed by atoms with E-state index in [1.54, 1.807) is 6.20 Å². The van der Waals surface area contributed by atoms with Gasteiger partial charge in [-0.05, 0) is 50.2 Å². The molecule has 1 atom stereocenters. The van der Waals surface area contributed by atoms with E-state index in [0.29, 0.717) is 31.8 Å². The van der Waals surface area contributed by atoms with Crippen molar-refractivity contribution in [2.24, 2.45) is 5.92 Å². The van der Waals surface area contributed by atoms with E-state index in [1.165, 1.54) is 18.9 Å². The summed E-state index contributed by atoms with van der Waals surface area (Å²) in [5.74, 6) is -0.148. The Morgan fingerprint density at radius 2 is 1.97 bits per heavy atom. The zero-order valence-corrected chi connectivity index (χ0v) is 18.7. The van der Waals surface area contributed by atoms with Crippen LogP contribution in [-0.2, 0) is 17.8 Å². The third-order valence-corrected chi connectivity index (χ3v) is 6.71. The molecule has 1 aliphatic heterocycles. The van der Waals surface area contributed by atoms with E-state index in [4.69, 9.17) is 0 Å². The number of hydrogen-bond acceptors (Lipinski definition) is 4. The van der Waals surface area contributed by atoms with Crippen LogP contribution in [0.3, 0.4) is 0 Å². The maximum Gasteiger partial charge on any atom is 0.257 e. The highest BCUT2D eigenvalue weighted by Crippen LogP contribution is 2.29. The molecule has 1 aliphatic carbocycles. The van der Waals surface area contributed by atoms with E-state index in [-0.39, 0.29) is 16.9 Å². The molecule has 2 N–H and O–H groups in total. The van der Waals surface area contributed by atoms with Gasteiger partial charge in [-0.3, -0.25) is 19.4 Å². The number of carbonyl (C=O) groups is 2. The standard InChI is InChI=1S/C25H32N4O3/c1-17-13-22(30)23(25(32)28-20-10-4-5-12-27-24(20)31)21(14-18-7-2-3-8-18)29(17)16-19-9-6-11-26-15-19/h6,9,11,13,15,18,20H,2-5,7-8,10,12,14,16H2,1H3,(H,27,31)(H,28,32)/t20-/m0/s1. The van der Waals surface area contributed by atoms with Gasteiger partial charge in [0.25, 0.3) is 5.91 Å². The van der Waals surface area contributed by atoms with Crippen LogP contribution < -0.4 is 16.1 Å². The van der Waals surface area contributed by atoms with Crippen LogP contribution in [0.5, 0.6) is 0 Å². The molecule has 2 aromatic heterocycles. The number of aryl methyl sites for hydroxylation is 1. The van der Waals surface area contributed by atoms with Crippen molar-refractivity contribution in [3.05, 3.63) is 63.3 Å². The topological polar surface area (TPSA) is 93.1 Å². The van der Waals surface area contributed by atoms with Gasteiger partial charge in [0.05, 0.1) is 0 Å². The van der Waals surface area contributed by atoms with Gasteiger partial charge in [0.1, 0.15) is 11.6 Å². The van der Waals surface area contributed by atoms with Crippen molar-refractivity contribution in [1.82, 2.24) is 20.2 Å². The third kappa shape index (κ3) is 5.09. The molecule has 1 saturated carbocycles. The van der Waals surface area contributed by atoms with E-state index in [1.807, 2.05) is 25.3 Å². The SMILES string of the molecule is Cc1cc(=O)c(C(=O)N[C@H]2CCCCNC2=O)c(CC2CCCC2)n1Cc1cccnc1. The van der Waals surface area contributed by atoms with Crippen molar-refractivity contribution in [2.45, 2.75) is 70.9 Å². The lowest BCUT2D eigenvalue weighted by molar-refractivity contribution is -0.122. The molecule has 0 spiro atoms. The van der Waals surface area contributed by atoms with Gasteiger partial charge < -0.3 is 15.2 Å². The summed E-state index contributed by atoms with van der Waals surface area (Å²) in [4.78, 5) is 43.1. The molecule has 2 aliphatic rings. The van der Waals surface area contributed by atoms with Crippen molar-refractivity contribution in [1.29, 1.82) is 0 Å². The van der Waals surface area contributed by atoms with Gasteiger partial charge in [-0.15, -0.1) is 0 Å². The van der Waals surface area contributed by atoms with Gasteiger partial charge in [0, 0.05) is 42.9 Å². The van der Waals surface area contributed by atoms with Crippen LogP contribution in [0.2, 0.25) is 0 Å². The molecule has 4 rings (SSSR count). The second kappa shape index (κ2) is 10.1. The summed E-state index contributed by atoms with van der Waals surface area (Å²) in [7, 11) is 0. The Balaban J connectivity index is 1.72. The highest BCUT2D eigenvalue weighted by Gasteiger charge is 2.28. The van der Waals surface area contributed by atoms with E-state index >= 15 is 0 Å². The van der Waals surface area contributed by atoms with E-state index in [0.717, 1.165) is 42.6 Å². The van der Waals surface area contributed by atoms with Crippen molar-refractivity contribution < 1.29 is 9.59 Å². The van der Waals surface area contributed by atoms with Crippen LogP contribution >= 0.6 is 0 Å². The predicted octanol–water partition coefficient (Wildman–Crippen LogP) is 2.73. The average molecular weight is 437 g/mol. The summed E-state index contributed by atoms with van der Waals surface area (Å²) in [6.07, 6.45) is 11.2. The molecular formula is C25H32N4O3. The summed E-state index contributed by atoms with van der Waals surface area (Å²) < 4.78 is 2.08. The first-order valence-electron chi connectivity index (χ1n) is 11.7. The Kier molecular flexibility index (Phi) is 7.02. The van der Waals surface area contributed by atoms with Gasteiger partial charge in [-0.1, -0.05) is 31.7 Å². The number of hydrogen-bond donors (Lipinski definition) is 2. The Morgan fingerprint density at radius 3 is 2.72 bits per heavy atom. The van der Waals surface area contributed by atoms with E-state index < -0.39 is 11.9 Å². The Bertz CT molecular complexity index is 1030. The molecule has 3 heterocycles. The van der Waals surface area contributed by atoms with Crippen molar-refractivity contribution in [2.75, 3.05) is 6.54 Å². The lowest BCUT2D eigenvalue weighted by Gasteiger charge is -2.23. The maximum absolute atomic E-state index is 13.4. The minimum absolute atomic E-state index is 0.170. The molecule has 0 bridgehead atoms. The molecular weight excluding hydrogens is 404 g/mol. The molecule has 32 heavy (non-hydrogen) atoms. The summed E-state index contributed by atoms with van der Waals surface area (Å²) in [6, 6.07) is 4.83. The minimum Gasteiger partial charge on any atom is -0.354 e. The molecule has 0 radical (unpaired) electrons. The van der Waals surface area contributed by atoms with Crippen LogP contribution in [0.1, 0.15) is 72.3 Å². The molecule has 2 amide bonds. The highest BCUT2D eigenvalue weighted by atomic mass is 16.2. The first-order valence-corrected chi connectivity index (χ1v) is 11.7. The molecule has 0 unspecified atom stereocenters. The molecule has 2 aromatic rings. The van der Waals surface area contributed by atoms with Crippen molar-refractivity contribution in [3.8, 4) is 0 Å². The average Bonchev–Trinajstić information content (AvgIpc) is 3.20. The lowest BCUT2D eigenvalue weighted by Crippen LogP contribution is -2.47. The van der Waals surface area contributed by atoms with Gasteiger partial charge in [0.15, 0.2) is 5.43 Å². The molecule has 0 aromatic carbocycles. The second-order valence-electron chi connectivity index (χ2n) is 9.09. The Hall–Kier alpha value is -2.96. The molecule has 1 saturated heterocycles. The Morgan fingerprint density at radius 1 is 1.19 bits per heavy atom. The van der Waals surface area contributed by atoms with Crippen LogP contribution in [0.15, 0.2) is 35.4 Å². The van der Waals surface area contributed by atoms with Gasteiger partial charge in [0.2, 0.25) is 5.91 Å². The fourth-order valence-electron chi connectivity index (χ4n) is 4.97. The van der Waals surface area contributed by atoms with Crippen LogP contribution in [0.4, 0.5) is 0 Å². The van der Waals surface area contributed by atoms with Gasteiger partial charge >= 0.3 is 0 Å². The molecule has 170 valence electrons. The number of carbonyl (C=O) groups excluding carboxylic acids is 2. The molecule has 7 nitrogen and oxygen atoms in total. The second-order valence-corrected chi connectivity index (χ2v) is 9.09. The van der Waals surface area contributed by atoms with Crippen LogP contribution in [-0.4, -0.2) is 34.0 Å². The maximum atomic E-state index is 13.4. The van der Waals surface area contributed by atoms with Crippen LogP contribution in [0.25, 0.3) is 0 Å². The lowest BCUT2D eigenvalue weighted by atomic mass is 9.96. The normalized spacial score (nSPS) is 19.4. The summed E-state index contributed by atoms with van der Waals surface area (Å²) >= 11 is 0. The number of rotatable bonds is 6. The first-order chi connectivity index (χ1) is 15.5. The van der Waals surface area contributed by atoms with E-state index in [9.17, 15) is 14.4 Å². The fraction of sp³-hybridized carbons (Fsp3) is 0.520. The van der Waals surface area contributed by atoms with Gasteiger partial charge in [-0.25, -0.2) is 0 Å². The number of amides is 2. The smallest absolute Gasteiger partial charge is 0.257 e.